The van der Waals surface area contributed by atoms with Gasteiger partial charge in [-0.1, -0.05) is 6.07 Å². The third-order valence-electron chi connectivity index (χ3n) is 7.08. The molecule has 2 atom stereocenters. The lowest BCUT2D eigenvalue weighted by atomic mass is 9.87. The van der Waals surface area contributed by atoms with Gasteiger partial charge in [0.2, 0.25) is 0 Å². The molecule has 2 unspecified atom stereocenters. The fourth-order valence-electron chi connectivity index (χ4n) is 5.07. The number of rotatable bonds is 5. The van der Waals surface area contributed by atoms with E-state index in [9.17, 15) is 22.4 Å². The normalized spacial score (nSPS) is 21.4. The Morgan fingerprint density at radius 2 is 1.80 bits per heavy atom. The number of alkyl halides is 3. The number of ether oxygens (including phenoxy) is 1. The SMILES string of the molecule is CC1=C(CN2CCOCC2)N2N=CN=C(N)C2C1c1ccc(NC(=O)Nc2cc(C(F)(F)F)ccc2F)c(F)c1. The van der Waals surface area contributed by atoms with E-state index in [0.717, 1.165) is 24.4 Å². The Kier molecular flexibility index (Phi) is 7.47. The molecule has 0 radical (unpaired) electrons. The van der Waals surface area contributed by atoms with Crippen molar-refractivity contribution < 1.29 is 31.5 Å². The van der Waals surface area contributed by atoms with Gasteiger partial charge in [0, 0.05) is 25.6 Å². The molecule has 1 fully saturated rings. The second kappa shape index (κ2) is 10.8. The van der Waals surface area contributed by atoms with Crippen molar-refractivity contribution in [3.8, 4) is 0 Å². The first kappa shape index (κ1) is 27.5. The fourth-order valence-corrected chi connectivity index (χ4v) is 5.07. The highest BCUT2D eigenvalue weighted by molar-refractivity contribution is 6.00. The summed E-state index contributed by atoms with van der Waals surface area (Å²) in [5.74, 6) is -1.93. The number of aliphatic imine (C=N–C) groups is 1. The maximum atomic E-state index is 15.2. The van der Waals surface area contributed by atoms with Crippen molar-refractivity contribution in [3.05, 3.63) is 70.4 Å². The summed E-state index contributed by atoms with van der Waals surface area (Å²) in [5.41, 5.74) is 6.60. The number of carbonyl (C=O) groups excluding carboxylic acids is 1. The number of amides is 2. The lowest BCUT2D eigenvalue weighted by Gasteiger charge is -2.32. The number of urea groups is 1. The number of carbonyl (C=O) groups is 1. The Bertz CT molecular complexity index is 1400. The molecule has 0 bridgehead atoms. The highest BCUT2D eigenvalue weighted by Gasteiger charge is 2.43. The predicted octanol–water partition coefficient (Wildman–Crippen LogP) is 4.32. The Morgan fingerprint density at radius 1 is 1.07 bits per heavy atom. The summed E-state index contributed by atoms with van der Waals surface area (Å²) in [6.07, 6.45) is -3.36. The highest BCUT2D eigenvalue weighted by atomic mass is 19.4. The summed E-state index contributed by atoms with van der Waals surface area (Å²) in [7, 11) is 0. The number of fused-ring (bicyclic) bond motifs is 1. The monoisotopic (exact) mass is 563 g/mol. The maximum Gasteiger partial charge on any atom is 0.416 e. The molecule has 14 heteroatoms. The van der Waals surface area contributed by atoms with Crippen molar-refractivity contribution in [2.75, 3.05) is 43.5 Å². The number of anilines is 2. The Labute approximate surface area is 226 Å². The molecule has 3 heterocycles. The average molecular weight is 564 g/mol. The Hall–Kier alpha value is -4.04. The van der Waals surface area contributed by atoms with Gasteiger partial charge in [0.25, 0.3) is 0 Å². The molecule has 2 amide bonds. The molecule has 4 N–H and O–H groups in total. The quantitative estimate of drug-likeness (QED) is 0.470. The molecular weight excluding hydrogens is 537 g/mol. The molecule has 0 aliphatic carbocycles. The smallest absolute Gasteiger partial charge is 0.385 e. The van der Waals surface area contributed by atoms with Gasteiger partial charge in [-0.2, -0.15) is 18.3 Å². The van der Waals surface area contributed by atoms with Gasteiger partial charge in [0.05, 0.1) is 35.8 Å². The van der Waals surface area contributed by atoms with Crippen LogP contribution in [0, 0.1) is 11.6 Å². The number of amidine groups is 1. The first-order valence-corrected chi connectivity index (χ1v) is 12.4. The lowest BCUT2D eigenvalue weighted by molar-refractivity contribution is -0.137. The number of nitrogens with two attached hydrogens (primary N) is 1. The zero-order valence-electron chi connectivity index (χ0n) is 21.3. The van der Waals surface area contributed by atoms with Gasteiger partial charge in [0.1, 0.15) is 29.9 Å². The van der Waals surface area contributed by atoms with Crippen LogP contribution in [0.15, 0.2) is 57.8 Å². The first-order valence-electron chi connectivity index (χ1n) is 12.4. The lowest BCUT2D eigenvalue weighted by Crippen LogP contribution is -2.46. The molecule has 9 nitrogen and oxygen atoms in total. The van der Waals surface area contributed by atoms with E-state index < -0.39 is 41.1 Å². The van der Waals surface area contributed by atoms with Crippen LogP contribution in [-0.2, 0) is 10.9 Å². The van der Waals surface area contributed by atoms with Crippen LogP contribution in [0.1, 0.15) is 24.0 Å². The van der Waals surface area contributed by atoms with Gasteiger partial charge in [-0.3, -0.25) is 9.91 Å². The maximum absolute atomic E-state index is 15.2. The van der Waals surface area contributed by atoms with E-state index in [-0.39, 0.29) is 11.6 Å². The van der Waals surface area contributed by atoms with Gasteiger partial charge in [-0.05, 0) is 48.4 Å². The van der Waals surface area contributed by atoms with Gasteiger partial charge >= 0.3 is 12.2 Å². The summed E-state index contributed by atoms with van der Waals surface area (Å²) in [5, 5.41) is 10.4. The summed E-state index contributed by atoms with van der Waals surface area (Å²) < 4.78 is 73.6. The molecule has 2 aromatic carbocycles. The van der Waals surface area contributed by atoms with Gasteiger partial charge in [0.15, 0.2) is 0 Å². The number of halogens is 5. The second-order valence-electron chi connectivity index (χ2n) is 9.58. The van der Waals surface area contributed by atoms with E-state index in [1.807, 2.05) is 12.2 Å². The molecular formula is C26H26F5N7O2. The van der Waals surface area contributed by atoms with Gasteiger partial charge in [-0.25, -0.2) is 18.6 Å². The van der Waals surface area contributed by atoms with Crippen molar-refractivity contribution in [1.29, 1.82) is 0 Å². The average Bonchev–Trinajstić information content (AvgIpc) is 3.19. The van der Waals surface area contributed by atoms with Crippen molar-refractivity contribution >= 4 is 29.6 Å². The molecule has 5 rings (SSSR count). The largest absolute Gasteiger partial charge is 0.416 e. The minimum atomic E-state index is -4.73. The molecule has 212 valence electrons. The van der Waals surface area contributed by atoms with Crippen LogP contribution in [-0.4, -0.2) is 67.0 Å². The van der Waals surface area contributed by atoms with Gasteiger partial charge in [-0.15, -0.1) is 0 Å². The first-order chi connectivity index (χ1) is 19.0. The second-order valence-corrected chi connectivity index (χ2v) is 9.58. The van der Waals surface area contributed by atoms with Crippen LogP contribution in [0.4, 0.5) is 38.1 Å². The van der Waals surface area contributed by atoms with Crippen LogP contribution in [0.3, 0.4) is 0 Å². The van der Waals surface area contributed by atoms with E-state index >= 15 is 4.39 Å². The molecule has 3 aliphatic rings. The molecule has 0 saturated carbocycles. The van der Waals surface area contributed by atoms with E-state index in [1.165, 1.54) is 18.5 Å². The number of hydrogen-bond donors (Lipinski definition) is 3. The molecule has 3 aliphatic heterocycles. The molecule has 40 heavy (non-hydrogen) atoms. The standard InChI is InChI=1S/C26H26F5N7O2/c1-14-21(12-37-6-8-40-9-7-37)38-23(24(32)33-13-34-38)22(14)15-2-5-19(18(28)10-15)35-25(39)36-20-11-16(26(29,30)31)3-4-17(20)27/h2-5,10-11,13,22-23H,6-9,12H2,1H3,(H2,32,33,34)(H2,35,36,39). The summed E-state index contributed by atoms with van der Waals surface area (Å²) in [6.45, 7) is 5.30. The zero-order valence-corrected chi connectivity index (χ0v) is 21.3. The number of nitrogens with zero attached hydrogens (tertiary/aromatic N) is 4. The predicted molar refractivity (Wildman–Crippen MR) is 139 cm³/mol. The van der Waals surface area contributed by atoms with Crippen LogP contribution in [0.2, 0.25) is 0 Å². The number of nitrogens with one attached hydrogen (secondary N) is 2. The third-order valence-corrected chi connectivity index (χ3v) is 7.08. The number of benzene rings is 2. The fraction of sp³-hybridized carbons (Fsp3) is 0.346. The van der Waals surface area contributed by atoms with Crippen LogP contribution in [0.5, 0.6) is 0 Å². The molecule has 2 aromatic rings. The van der Waals surface area contributed by atoms with Crippen molar-refractivity contribution in [3.63, 3.8) is 0 Å². The number of hydrogen-bond acceptors (Lipinski definition) is 7. The topological polar surface area (TPSA) is 108 Å². The Balaban J connectivity index is 1.36. The summed E-state index contributed by atoms with van der Waals surface area (Å²) >= 11 is 0. The van der Waals surface area contributed by atoms with E-state index in [0.29, 0.717) is 49.4 Å². The number of hydrazone groups is 1. The minimum absolute atomic E-state index is 0.248. The van der Waals surface area contributed by atoms with Crippen molar-refractivity contribution in [2.45, 2.75) is 25.1 Å². The molecule has 0 aromatic heterocycles. The minimum Gasteiger partial charge on any atom is -0.385 e. The van der Waals surface area contributed by atoms with E-state index in [4.69, 9.17) is 10.5 Å². The number of morpholine rings is 1. The van der Waals surface area contributed by atoms with Gasteiger partial charge < -0.3 is 21.1 Å². The highest BCUT2D eigenvalue weighted by Crippen LogP contribution is 2.43. The van der Waals surface area contributed by atoms with E-state index in [1.54, 1.807) is 11.1 Å². The van der Waals surface area contributed by atoms with Crippen molar-refractivity contribution in [1.82, 2.24) is 9.91 Å². The van der Waals surface area contributed by atoms with E-state index in [2.05, 4.69) is 20.3 Å². The summed E-state index contributed by atoms with van der Waals surface area (Å²) in [6, 6.07) is 4.21. The molecule has 0 spiro atoms. The van der Waals surface area contributed by atoms with Crippen molar-refractivity contribution in [2.24, 2.45) is 15.8 Å². The third kappa shape index (κ3) is 5.49. The van der Waals surface area contributed by atoms with Crippen LogP contribution in [0.25, 0.3) is 0 Å². The zero-order chi connectivity index (χ0) is 28.6. The van der Waals surface area contributed by atoms with Crippen LogP contribution >= 0.6 is 0 Å². The van der Waals surface area contributed by atoms with Crippen LogP contribution < -0.4 is 16.4 Å². The Morgan fingerprint density at radius 3 is 2.50 bits per heavy atom. The molecule has 1 saturated heterocycles. The summed E-state index contributed by atoms with van der Waals surface area (Å²) in [4.78, 5) is 18.8.